The average Bonchev–Trinajstić information content (AvgIpc) is 2.58. The van der Waals surface area contributed by atoms with Gasteiger partial charge in [0.1, 0.15) is 12.4 Å². The van der Waals surface area contributed by atoms with E-state index >= 15 is 0 Å². The number of hydrogen-bond acceptors (Lipinski definition) is 5. The highest BCUT2D eigenvalue weighted by Crippen LogP contribution is 2.31. The average molecular weight is 456 g/mol. The zero-order chi connectivity index (χ0) is 17.1. The number of phenols is 1. The second kappa shape index (κ2) is 7.23. The normalized spacial score (nSPS) is 16.2. The van der Waals surface area contributed by atoms with E-state index in [1.807, 2.05) is 6.07 Å². The number of amides is 1. The second-order valence-corrected chi connectivity index (χ2v) is 6.63. The third-order valence-electron chi connectivity index (χ3n) is 3.25. The van der Waals surface area contributed by atoms with Crippen LogP contribution < -0.4 is 14.9 Å². The molecule has 8 heteroatoms. The number of carbonyl (C=O) groups excluding carboxylic acids is 1. The fourth-order valence-corrected chi connectivity index (χ4v) is 3.14. The smallest absolute Gasteiger partial charge is 0.284 e. The third-order valence-corrected chi connectivity index (χ3v) is 4.57. The minimum Gasteiger partial charge on any atom is -0.507 e. The van der Waals surface area contributed by atoms with Crippen molar-refractivity contribution < 1.29 is 19.4 Å². The minimum atomic E-state index is -0.779. The Morgan fingerprint density at radius 2 is 2.00 bits per heavy atom. The lowest BCUT2D eigenvalue weighted by atomic mass is 10.2. The molecule has 1 amide bonds. The van der Waals surface area contributed by atoms with Crippen LogP contribution in [-0.4, -0.2) is 29.9 Å². The summed E-state index contributed by atoms with van der Waals surface area (Å²) in [7, 11) is 0. The van der Waals surface area contributed by atoms with Crippen molar-refractivity contribution in [1.29, 1.82) is 0 Å². The van der Waals surface area contributed by atoms with Gasteiger partial charge < -0.3 is 14.6 Å². The van der Waals surface area contributed by atoms with Gasteiger partial charge in [-0.1, -0.05) is 28.1 Å². The third kappa shape index (κ3) is 3.70. The predicted molar refractivity (Wildman–Crippen MR) is 95.6 cm³/mol. The van der Waals surface area contributed by atoms with E-state index < -0.39 is 12.0 Å². The number of hydrogen-bond donors (Lipinski definition) is 2. The van der Waals surface area contributed by atoms with Gasteiger partial charge >= 0.3 is 0 Å². The molecular weight excluding hydrogens is 444 g/mol. The summed E-state index contributed by atoms with van der Waals surface area (Å²) >= 11 is 6.57. The number of carbonyl (C=O) groups is 1. The van der Waals surface area contributed by atoms with E-state index in [2.05, 4.69) is 42.4 Å². The van der Waals surface area contributed by atoms with Gasteiger partial charge in [0, 0.05) is 10.0 Å². The van der Waals surface area contributed by atoms with Gasteiger partial charge in [0.2, 0.25) is 6.10 Å². The Morgan fingerprint density at radius 1 is 1.25 bits per heavy atom. The molecule has 24 heavy (non-hydrogen) atoms. The van der Waals surface area contributed by atoms with E-state index in [-0.39, 0.29) is 12.4 Å². The lowest BCUT2D eigenvalue weighted by Gasteiger charge is -2.24. The zero-order valence-electron chi connectivity index (χ0n) is 12.2. The topological polar surface area (TPSA) is 80.2 Å². The molecule has 124 valence electrons. The standard InChI is InChI=1S/C16H12Br2N2O4/c17-10-6-11(18)12(21)5-9(10)7-19-20-16(22)15-8-23-13-3-1-2-4-14(13)24-15/h1-7,15,21H,8H2,(H,20,22)/b19-7+/t15-/m0/s1. The van der Waals surface area contributed by atoms with Crippen molar-refractivity contribution in [3.8, 4) is 17.2 Å². The first-order chi connectivity index (χ1) is 11.5. The Labute approximate surface area is 154 Å². The highest BCUT2D eigenvalue weighted by Gasteiger charge is 2.26. The van der Waals surface area contributed by atoms with Crippen LogP contribution in [0.4, 0.5) is 0 Å². The molecule has 0 unspecified atom stereocenters. The van der Waals surface area contributed by atoms with E-state index in [9.17, 15) is 9.90 Å². The molecule has 0 saturated heterocycles. The van der Waals surface area contributed by atoms with Gasteiger partial charge in [-0.2, -0.15) is 5.10 Å². The molecular formula is C16H12Br2N2O4. The maximum Gasteiger partial charge on any atom is 0.284 e. The van der Waals surface area contributed by atoms with Crippen LogP contribution >= 0.6 is 31.9 Å². The van der Waals surface area contributed by atoms with Gasteiger partial charge in [0.25, 0.3) is 5.91 Å². The Balaban J connectivity index is 1.63. The molecule has 0 radical (unpaired) electrons. The van der Waals surface area contributed by atoms with Gasteiger partial charge in [-0.3, -0.25) is 4.79 Å². The number of hydrazone groups is 1. The van der Waals surface area contributed by atoms with Crippen LogP contribution in [0.1, 0.15) is 5.56 Å². The molecule has 1 aliphatic heterocycles. The Bertz CT molecular complexity index is 811. The molecule has 1 heterocycles. The molecule has 3 rings (SSSR count). The van der Waals surface area contributed by atoms with Crippen molar-refractivity contribution >= 4 is 44.0 Å². The highest BCUT2D eigenvalue weighted by atomic mass is 79.9. The summed E-state index contributed by atoms with van der Waals surface area (Å²) in [4.78, 5) is 12.1. The molecule has 0 aliphatic carbocycles. The summed E-state index contributed by atoms with van der Waals surface area (Å²) in [5.41, 5.74) is 3.02. The number of nitrogens with one attached hydrogen (secondary N) is 1. The summed E-state index contributed by atoms with van der Waals surface area (Å²) in [6.07, 6.45) is 0.644. The number of aromatic hydroxyl groups is 1. The summed E-state index contributed by atoms with van der Waals surface area (Å²) in [6, 6.07) is 10.4. The Kier molecular flexibility index (Phi) is 5.06. The van der Waals surface area contributed by atoms with Gasteiger partial charge in [-0.15, -0.1) is 0 Å². The highest BCUT2D eigenvalue weighted by molar-refractivity contribution is 9.11. The molecule has 6 nitrogen and oxygen atoms in total. The van der Waals surface area contributed by atoms with Crippen molar-refractivity contribution in [2.24, 2.45) is 5.10 Å². The number of ether oxygens (including phenoxy) is 2. The van der Waals surface area contributed by atoms with Gasteiger partial charge in [-0.25, -0.2) is 5.43 Å². The van der Waals surface area contributed by atoms with Crippen LogP contribution in [-0.2, 0) is 4.79 Å². The zero-order valence-corrected chi connectivity index (χ0v) is 15.4. The molecule has 0 bridgehead atoms. The first-order valence-electron chi connectivity index (χ1n) is 6.94. The van der Waals surface area contributed by atoms with Gasteiger partial charge in [-0.05, 0) is 40.2 Å². The quantitative estimate of drug-likeness (QED) is 0.550. The molecule has 0 fully saturated rings. The lowest BCUT2D eigenvalue weighted by molar-refractivity contribution is -0.130. The molecule has 2 aromatic carbocycles. The van der Waals surface area contributed by atoms with Crippen LogP contribution in [0.2, 0.25) is 0 Å². The van der Waals surface area contributed by atoms with E-state index in [0.717, 1.165) is 4.47 Å². The number of fused-ring (bicyclic) bond motifs is 1. The SMILES string of the molecule is O=C(N/N=C/c1cc(O)c(Br)cc1Br)[C@@H]1COc2ccccc2O1. The van der Waals surface area contributed by atoms with Gasteiger partial charge in [0.15, 0.2) is 11.5 Å². The van der Waals surface area contributed by atoms with E-state index in [1.165, 1.54) is 12.3 Å². The van der Waals surface area contributed by atoms with Crippen molar-refractivity contribution in [2.75, 3.05) is 6.61 Å². The Hall–Kier alpha value is -2.06. The molecule has 1 atom stereocenters. The molecule has 2 N–H and O–H groups in total. The summed E-state index contributed by atoms with van der Waals surface area (Å²) in [5, 5.41) is 13.6. The molecule has 2 aromatic rings. The second-order valence-electron chi connectivity index (χ2n) is 4.92. The first-order valence-corrected chi connectivity index (χ1v) is 8.52. The number of phenolic OH excluding ortho intramolecular Hbond substituents is 1. The van der Waals surface area contributed by atoms with Gasteiger partial charge in [0.05, 0.1) is 10.7 Å². The number of benzene rings is 2. The number of nitrogens with zero attached hydrogens (tertiary/aromatic N) is 1. The fraction of sp³-hybridized carbons (Fsp3) is 0.125. The Morgan fingerprint density at radius 3 is 2.79 bits per heavy atom. The van der Waals surface area contributed by atoms with E-state index in [1.54, 1.807) is 24.3 Å². The number of para-hydroxylation sites is 2. The van der Waals surface area contributed by atoms with Crippen molar-refractivity contribution in [3.63, 3.8) is 0 Å². The first kappa shape index (κ1) is 16.8. The maximum absolute atomic E-state index is 12.1. The molecule has 1 aliphatic rings. The van der Waals surface area contributed by atoms with Crippen LogP contribution in [0.3, 0.4) is 0 Å². The number of rotatable bonds is 3. The largest absolute Gasteiger partial charge is 0.507 e. The van der Waals surface area contributed by atoms with Crippen molar-refractivity contribution in [3.05, 3.63) is 50.9 Å². The predicted octanol–water partition coefficient (Wildman–Crippen LogP) is 3.21. The van der Waals surface area contributed by atoms with Crippen LogP contribution in [0.25, 0.3) is 0 Å². The lowest BCUT2D eigenvalue weighted by Crippen LogP contribution is -2.42. The van der Waals surface area contributed by atoms with Crippen LogP contribution in [0, 0.1) is 0 Å². The fourth-order valence-electron chi connectivity index (χ4n) is 2.04. The molecule has 0 saturated carbocycles. The minimum absolute atomic E-state index is 0.0756. The molecule has 0 spiro atoms. The summed E-state index contributed by atoms with van der Waals surface area (Å²) in [6.45, 7) is 0.112. The van der Waals surface area contributed by atoms with E-state index in [0.29, 0.717) is 21.5 Å². The van der Waals surface area contributed by atoms with Crippen molar-refractivity contribution in [1.82, 2.24) is 5.43 Å². The summed E-state index contributed by atoms with van der Waals surface area (Å²) < 4.78 is 12.4. The maximum atomic E-state index is 12.1. The summed E-state index contributed by atoms with van der Waals surface area (Å²) in [5.74, 6) is 0.789. The van der Waals surface area contributed by atoms with Crippen LogP contribution in [0.15, 0.2) is 50.4 Å². The molecule has 0 aromatic heterocycles. The monoisotopic (exact) mass is 454 g/mol. The van der Waals surface area contributed by atoms with Crippen LogP contribution in [0.5, 0.6) is 17.2 Å². The van der Waals surface area contributed by atoms with E-state index in [4.69, 9.17) is 9.47 Å². The number of halogens is 2. The van der Waals surface area contributed by atoms with Crippen molar-refractivity contribution in [2.45, 2.75) is 6.10 Å².